The summed E-state index contributed by atoms with van der Waals surface area (Å²) in [4.78, 5) is 9.56. The fourth-order valence-electron chi connectivity index (χ4n) is 6.51. The summed E-state index contributed by atoms with van der Waals surface area (Å²) in [6.45, 7) is 0. The van der Waals surface area contributed by atoms with Crippen molar-refractivity contribution in [3.63, 3.8) is 0 Å². The number of rotatable bonds is 8. The number of anilines is 7. The van der Waals surface area contributed by atoms with Crippen molar-refractivity contribution in [1.82, 2.24) is 0 Å². The van der Waals surface area contributed by atoms with Crippen LogP contribution in [-0.4, -0.2) is 6.21 Å². The Morgan fingerprint density at radius 3 is 1.08 bits per heavy atom. The number of fused-ring (bicyclic) bond motifs is 1. The first-order valence-corrected chi connectivity index (χ1v) is 16.2. The van der Waals surface area contributed by atoms with E-state index in [1.165, 1.54) is 0 Å². The molecule has 0 fully saturated rings. The zero-order valence-electron chi connectivity index (χ0n) is 26.4. The maximum atomic E-state index is 5.00. The van der Waals surface area contributed by atoms with Gasteiger partial charge in [0.1, 0.15) is 5.54 Å². The van der Waals surface area contributed by atoms with Crippen molar-refractivity contribution < 1.29 is 0 Å². The van der Waals surface area contributed by atoms with Crippen LogP contribution in [0.25, 0.3) is 0 Å². The molecule has 4 nitrogen and oxygen atoms in total. The van der Waals surface area contributed by atoms with Crippen LogP contribution in [-0.2, 0) is 5.54 Å². The fraction of sp³-hybridized carbons (Fsp3) is 0.0227. The number of para-hydroxylation sites is 6. The average molecular weight is 619 g/mol. The van der Waals surface area contributed by atoms with Crippen molar-refractivity contribution in [1.29, 1.82) is 0 Å². The molecular weight excluding hydrogens is 585 g/mol. The van der Waals surface area contributed by atoms with E-state index in [4.69, 9.17) is 4.99 Å². The maximum absolute atomic E-state index is 5.00. The van der Waals surface area contributed by atoms with Gasteiger partial charge in [-0.15, -0.1) is 0 Å². The van der Waals surface area contributed by atoms with Crippen LogP contribution in [0.1, 0.15) is 11.1 Å². The summed E-state index contributed by atoms with van der Waals surface area (Å²) in [5.41, 5.74) is 10.0. The minimum atomic E-state index is -0.680. The number of nitrogens with zero attached hydrogens (tertiary/aromatic N) is 3. The van der Waals surface area contributed by atoms with Gasteiger partial charge in [0.05, 0.1) is 11.4 Å². The van der Waals surface area contributed by atoms with Crippen molar-refractivity contribution >= 4 is 51.7 Å². The van der Waals surface area contributed by atoms with Crippen molar-refractivity contribution in [2.24, 2.45) is 4.99 Å². The number of aliphatic imine (C=N–C) groups is 1. The molecule has 1 aliphatic heterocycles. The Labute approximate surface area is 281 Å². The first-order chi connectivity index (χ1) is 23.8. The van der Waals surface area contributed by atoms with Crippen LogP contribution < -0.4 is 15.1 Å². The lowest BCUT2D eigenvalue weighted by Crippen LogP contribution is -2.40. The lowest BCUT2D eigenvalue weighted by molar-refractivity contribution is 0.802. The maximum Gasteiger partial charge on any atom is 0.124 e. The molecule has 1 heterocycles. The molecule has 7 aromatic carbocycles. The molecule has 0 saturated carbocycles. The van der Waals surface area contributed by atoms with Gasteiger partial charge in [0.2, 0.25) is 0 Å². The van der Waals surface area contributed by atoms with E-state index in [1.807, 2.05) is 12.1 Å². The molecule has 0 spiro atoms. The third-order valence-electron chi connectivity index (χ3n) is 8.85. The van der Waals surface area contributed by atoms with E-state index in [2.05, 4.69) is 203 Å². The van der Waals surface area contributed by atoms with Crippen LogP contribution in [0.15, 0.2) is 199 Å². The van der Waals surface area contributed by atoms with Gasteiger partial charge in [-0.1, -0.05) is 109 Å². The van der Waals surface area contributed by atoms with E-state index in [1.54, 1.807) is 0 Å². The number of benzene rings is 7. The minimum absolute atomic E-state index is 0.680. The van der Waals surface area contributed by atoms with E-state index in [-0.39, 0.29) is 0 Å². The fourth-order valence-corrected chi connectivity index (χ4v) is 6.51. The predicted molar refractivity (Wildman–Crippen MR) is 201 cm³/mol. The molecule has 0 unspecified atom stereocenters. The Bertz CT molecular complexity index is 1920. The first kappa shape index (κ1) is 29.0. The van der Waals surface area contributed by atoms with Crippen LogP contribution in [0.3, 0.4) is 0 Å². The molecule has 0 bridgehead atoms. The minimum Gasteiger partial charge on any atom is -0.365 e. The molecular formula is C44H34N4. The van der Waals surface area contributed by atoms with Gasteiger partial charge in [-0.3, -0.25) is 4.99 Å². The van der Waals surface area contributed by atoms with Crippen molar-refractivity contribution in [2.75, 3.05) is 15.1 Å². The number of hydrogen-bond donors (Lipinski definition) is 1. The standard InChI is InChI=1S/C44H34N4/c1-5-15-36(16-6-1)47(37-17-7-2-8-18-37)40-29-25-34(26-30-40)44(33-45-42-23-13-14-24-43(42)46-44)35-27-31-41(32-28-35)48(38-19-9-3-10-20-38)39-21-11-4-12-22-39/h1-33,46H. The summed E-state index contributed by atoms with van der Waals surface area (Å²) in [7, 11) is 0. The van der Waals surface area contributed by atoms with Crippen LogP contribution in [0.5, 0.6) is 0 Å². The Morgan fingerprint density at radius 1 is 0.354 bits per heavy atom. The molecule has 4 heteroatoms. The van der Waals surface area contributed by atoms with Crippen molar-refractivity contribution in [3.05, 3.63) is 205 Å². The average Bonchev–Trinajstić information content (AvgIpc) is 3.17. The first-order valence-electron chi connectivity index (χ1n) is 16.2. The second-order valence-corrected chi connectivity index (χ2v) is 11.8. The zero-order chi connectivity index (χ0) is 32.2. The monoisotopic (exact) mass is 618 g/mol. The van der Waals surface area contributed by atoms with Gasteiger partial charge < -0.3 is 15.1 Å². The van der Waals surface area contributed by atoms with Gasteiger partial charge in [0.15, 0.2) is 0 Å². The van der Waals surface area contributed by atoms with Crippen LogP contribution >= 0.6 is 0 Å². The van der Waals surface area contributed by atoms with Crippen molar-refractivity contribution in [3.8, 4) is 0 Å². The molecule has 0 aliphatic carbocycles. The quantitative estimate of drug-likeness (QED) is 0.184. The van der Waals surface area contributed by atoms with Gasteiger partial charge in [-0.25, -0.2) is 0 Å². The molecule has 0 aromatic heterocycles. The highest BCUT2D eigenvalue weighted by atomic mass is 15.1. The molecule has 0 saturated heterocycles. The van der Waals surface area contributed by atoms with E-state index < -0.39 is 5.54 Å². The molecule has 48 heavy (non-hydrogen) atoms. The summed E-state index contributed by atoms with van der Waals surface area (Å²) in [6.07, 6.45) is 2.05. The highest BCUT2D eigenvalue weighted by molar-refractivity contribution is 5.92. The third-order valence-corrected chi connectivity index (χ3v) is 8.85. The Balaban J connectivity index is 1.21. The highest BCUT2D eigenvalue weighted by Gasteiger charge is 2.36. The van der Waals surface area contributed by atoms with E-state index >= 15 is 0 Å². The van der Waals surface area contributed by atoms with Gasteiger partial charge in [-0.2, -0.15) is 0 Å². The van der Waals surface area contributed by atoms with Gasteiger partial charge in [0.25, 0.3) is 0 Å². The molecule has 0 atom stereocenters. The summed E-state index contributed by atoms with van der Waals surface area (Å²) < 4.78 is 0. The largest absolute Gasteiger partial charge is 0.365 e. The van der Waals surface area contributed by atoms with Crippen LogP contribution in [0, 0.1) is 0 Å². The molecule has 0 radical (unpaired) electrons. The SMILES string of the molecule is C1=Nc2ccccc2NC1(c1ccc(N(c2ccccc2)c2ccccc2)cc1)c1ccc(N(c2ccccc2)c2ccccc2)cc1. The van der Waals surface area contributed by atoms with Gasteiger partial charge in [0, 0.05) is 40.3 Å². The van der Waals surface area contributed by atoms with Gasteiger partial charge in [-0.05, 0) is 96.1 Å². The van der Waals surface area contributed by atoms with Crippen molar-refractivity contribution in [2.45, 2.75) is 5.54 Å². The summed E-state index contributed by atoms with van der Waals surface area (Å²) in [6, 6.07) is 67.9. The molecule has 1 aliphatic rings. The summed E-state index contributed by atoms with van der Waals surface area (Å²) >= 11 is 0. The highest BCUT2D eigenvalue weighted by Crippen LogP contribution is 2.43. The third kappa shape index (κ3) is 5.50. The van der Waals surface area contributed by atoms with E-state index in [0.29, 0.717) is 0 Å². The number of hydrogen-bond acceptors (Lipinski definition) is 4. The van der Waals surface area contributed by atoms with E-state index in [9.17, 15) is 0 Å². The lowest BCUT2D eigenvalue weighted by Gasteiger charge is -2.37. The number of nitrogens with one attached hydrogen (secondary N) is 1. The molecule has 0 amide bonds. The smallest absolute Gasteiger partial charge is 0.124 e. The summed E-state index contributed by atoms with van der Waals surface area (Å²) in [5.74, 6) is 0. The Morgan fingerprint density at radius 2 is 0.688 bits per heavy atom. The normalized spacial score (nSPS) is 12.8. The van der Waals surface area contributed by atoms with Gasteiger partial charge >= 0.3 is 0 Å². The topological polar surface area (TPSA) is 30.9 Å². The molecule has 230 valence electrons. The Hall–Kier alpha value is -6.39. The molecule has 8 rings (SSSR count). The second-order valence-electron chi connectivity index (χ2n) is 11.8. The van der Waals surface area contributed by atoms with E-state index in [0.717, 1.165) is 56.6 Å². The Kier molecular flexibility index (Phi) is 7.73. The summed E-state index contributed by atoms with van der Waals surface area (Å²) in [5, 5.41) is 3.89. The second kappa shape index (κ2) is 12.8. The lowest BCUT2D eigenvalue weighted by atomic mass is 9.82. The van der Waals surface area contributed by atoms with Crippen LogP contribution in [0.2, 0.25) is 0 Å². The predicted octanol–water partition coefficient (Wildman–Crippen LogP) is 11.7. The van der Waals surface area contributed by atoms with Crippen LogP contribution in [0.4, 0.5) is 45.5 Å². The molecule has 7 aromatic rings. The molecule has 1 N–H and O–H groups in total. The zero-order valence-corrected chi connectivity index (χ0v) is 26.4.